The van der Waals surface area contributed by atoms with Crippen molar-refractivity contribution >= 4 is 77.2 Å². The summed E-state index contributed by atoms with van der Waals surface area (Å²) in [5, 5.41) is 9.84. The number of anilines is 1. The lowest BCUT2D eigenvalue weighted by Crippen LogP contribution is -2.27. The number of hydrogen-bond acceptors (Lipinski definition) is 13. The van der Waals surface area contributed by atoms with Crippen molar-refractivity contribution in [2.45, 2.75) is 149 Å². The Hall–Kier alpha value is -6.34. The first-order valence-electron chi connectivity index (χ1n) is 26.9. The zero-order chi connectivity index (χ0) is 66.3. The van der Waals surface area contributed by atoms with Gasteiger partial charge < -0.3 is 10.1 Å². The topological polar surface area (TPSA) is 186 Å². The third-order valence-corrected chi connectivity index (χ3v) is 16.8. The van der Waals surface area contributed by atoms with Gasteiger partial charge in [-0.2, -0.15) is 45.3 Å². The number of phosphoric acid groups is 1. The van der Waals surface area contributed by atoms with Crippen LogP contribution < -0.4 is 9.62 Å². The van der Waals surface area contributed by atoms with Crippen molar-refractivity contribution in [1.29, 1.82) is 0 Å². The largest absolute Gasteiger partial charge is 0.478 e. The number of benzene rings is 3. The summed E-state index contributed by atoms with van der Waals surface area (Å²) in [7, 11) is -5.76. The summed E-state index contributed by atoms with van der Waals surface area (Å²) in [5.74, 6) is -1.68. The first-order chi connectivity index (χ1) is 40.7. The summed E-state index contributed by atoms with van der Waals surface area (Å²) in [6, 6.07) is 12.6. The Morgan fingerprint density at radius 1 is 0.898 bits per heavy atom. The van der Waals surface area contributed by atoms with Gasteiger partial charge in [-0.1, -0.05) is 49.6 Å². The van der Waals surface area contributed by atoms with E-state index in [1.54, 1.807) is 55.4 Å². The molecule has 2 unspecified atom stereocenters. The molecule has 3 aromatic carbocycles. The molecule has 16 nitrogen and oxygen atoms in total. The average Bonchev–Trinajstić information content (AvgIpc) is 1.76. The van der Waals surface area contributed by atoms with Gasteiger partial charge in [0.25, 0.3) is 11.8 Å². The number of phosphoric ester groups is 1. The highest BCUT2D eigenvalue weighted by Gasteiger charge is 2.50. The summed E-state index contributed by atoms with van der Waals surface area (Å²) in [6.45, 7) is 15.8. The van der Waals surface area contributed by atoms with Crippen molar-refractivity contribution < 1.29 is 85.4 Å². The number of fused-ring (bicyclic) bond motifs is 2. The minimum atomic E-state index is -4.90. The van der Waals surface area contributed by atoms with Gasteiger partial charge in [-0.05, 0) is 141 Å². The van der Waals surface area contributed by atoms with Gasteiger partial charge in [0.1, 0.15) is 34.3 Å². The van der Waals surface area contributed by atoms with Crippen LogP contribution in [0.3, 0.4) is 0 Å². The minimum Gasteiger partial charge on any atom is -0.434 e. The first-order valence-corrected chi connectivity index (χ1v) is 31.4. The summed E-state index contributed by atoms with van der Waals surface area (Å²) in [5.41, 5.74) is -4.68. The van der Waals surface area contributed by atoms with E-state index in [2.05, 4.69) is 27.4 Å². The smallest absolute Gasteiger partial charge is 0.434 e. The molecule has 7 rings (SSSR count). The number of rotatable bonds is 18. The lowest BCUT2D eigenvalue weighted by atomic mass is 9.94. The Bertz CT molecular complexity index is 3630. The number of nitrogens with zero attached hydrogens (tertiary/aromatic N) is 6. The maximum absolute atomic E-state index is 14.6. The van der Waals surface area contributed by atoms with Crippen LogP contribution in [0.4, 0.5) is 49.7 Å². The molecule has 0 radical (unpaired) electrons. The summed E-state index contributed by atoms with van der Waals surface area (Å²) in [6.07, 6.45) is -7.45. The zero-order valence-electron chi connectivity index (χ0n) is 50.0. The van der Waals surface area contributed by atoms with E-state index in [0.29, 0.717) is 17.2 Å². The summed E-state index contributed by atoms with van der Waals surface area (Å²) < 4.78 is 186. The predicted octanol–water partition coefficient (Wildman–Crippen LogP) is 14.9. The highest BCUT2D eigenvalue weighted by atomic mass is 35.5. The molecule has 3 aromatic heterocycles. The average molecular weight is 1320 g/mol. The Kier molecular flexibility index (Phi) is 23.6. The number of ether oxygens (including phenoxy) is 1. The van der Waals surface area contributed by atoms with Crippen LogP contribution >= 0.6 is 31.4 Å². The Labute approximate surface area is 513 Å². The summed E-state index contributed by atoms with van der Waals surface area (Å²) >= 11 is 7.56. The summed E-state index contributed by atoms with van der Waals surface area (Å²) in [4.78, 5) is 45.1. The van der Waals surface area contributed by atoms with Crippen molar-refractivity contribution in [2.24, 2.45) is 0 Å². The molecule has 2 atom stereocenters. The van der Waals surface area contributed by atoms with Gasteiger partial charge in [-0.15, -0.1) is 0 Å². The van der Waals surface area contributed by atoms with E-state index >= 15 is 0 Å². The van der Waals surface area contributed by atoms with Gasteiger partial charge in [-0.25, -0.2) is 32.0 Å². The van der Waals surface area contributed by atoms with Crippen LogP contribution in [-0.2, 0) is 76.5 Å². The fourth-order valence-corrected chi connectivity index (χ4v) is 11.4. The van der Waals surface area contributed by atoms with Crippen LogP contribution in [-0.4, -0.2) is 88.5 Å². The first kappa shape index (κ1) is 72.4. The molecule has 0 saturated carbocycles. The Balaban J connectivity index is 0.000000668. The van der Waals surface area contributed by atoms with Gasteiger partial charge in [0, 0.05) is 59.0 Å². The van der Waals surface area contributed by atoms with Crippen molar-refractivity contribution in [3.63, 3.8) is 0 Å². The molecule has 0 fully saturated rings. The van der Waals surface area contributed by atoms with Crippen LogP contribution in [0.2, 0.25) is 5.02 Å². The number of carbonyl (C=O) groups is 3. The quantitative estimate of drug-likeness (QED) is 0.0163. The number of esters is 1. The number of alkyl halides is 8. The van der Waals surface area contributed by atoms with Crippen LogP contribution in [0.5, 0.6) is 0 Å². The van der Waals surface area contributed by atoms with Gasteiger partial charge in [0.05, 0.1) is 50.0 Å². The second-order valence-electron chi connectivity index (χ2n) is 21.6. The van der Waals surface area contributed by atoms with E-state index in [4.69, 9.17) is 34.9 Å². The normalized spacial score (nSPS) is 14.1. The number of amides is 2. The number of aryl methyl sites for hydroxylation is 1. The molecule has 2 amide bonds. The highest BCUT2D eigenvalue weighted by Crippen LogP contribution is 2.55. The Morgan fingerprint density at radius 3 is 2.02 bits per heavy atom. The van der Waals surface area contributed by atoms with Crippen molar-refractivity contribution in [3.05, 3.63) is 128 Å². The van der Waals surface area contributed by atoms with Gasteiger partial charge in [0.15, 0.2) is 11.5 Å². The van der Waals surface area contributed by atoms with Gasteiger partial charge in [0.2, 0.25) is 13.2 Å². The standard InChI is InChI=1S/C47H50ClF5N5O9PS2.C9H9F5N2.C2H6/c1-44(2,3)66-68(62,67-45(4,5)6)65-27-64-43(61)35-14-12-11-13-34(35)42(60)58(69-9)41-38-36(48)18-17-33(40(38)57(56-41)25-47(51,52)53)32-16-15-31(19-20-46(7,8)70(10)63)55-39(32)37(54-26-59)23-28-21-29(49)24-30(50)22-28;1-2-16-7-5(3-4-8(7,10)11)6(15-16)9(12,13)14;1-2/h11-18,21-22,24,26,37H,23,25,27H2,1-10H3,(H,54,59);2-4H2,1H3;1-2H3. The van der Waals surface area contributed by atoms with Crippen molar-refractivity contribution in [3.8, 4) is 23.0 Å². The number of hydrogen-bond donors (Lipinski definition) is 1. The monoisotopic (exact) mass is 1320 g/mol. The van der Waals surface area contributed by atoms with E-state index in [1.807, 2.05) is 13.8 Å². The number of halogens is 11. The second kappa shape index (κ2) is 28.7. The molecule has 0 saturated heterocycles. The molecule has 1 N–H and O–H groups in total. The van der Waals surface area contributed by atoms with E-state index in [9.17, 15) is 67.1 Å². The molecule has 0 aliphatic heterocycles. The predicted molar refractivity (Wildman–Crippen MR) is 315 cm³/mol. The van der Waals surface area contributed by atoms with Crippen LogP contribution in [0.25, 0.3) is 22.0 Å². The lowest BCUT2D eigenvalue weighted by Gasteiger charge is -2.30. The molecule has 1 aliphatic carbocycles. The third-order valence-electron chi connectivity index (χ3n) is 12.3. The molecule has 0 spiro atoms. The SMILES string of the molecule is CC.CCn1nc(C(F)(F)F)c2c1C(F)(F)CC2.CSN(C(=O)c1ccccc1C(=O)OCOP(=O)(OC(C)(C)C)OC(C)(C)C)c1nn(CC(F)(F)F)c2c(-c3ccc(C#CC(C)(C)S(C)=O)nc3C(Cc3cc(F)cc(F)c3)NC=O)ccc(Cl)c12. The van der Waals surface area contributed by atoms with Crippen molar-refractivity contribution in [1.82, 2.24) is 29.9 Å². The zero-order valence-corrected chi connectivity index (χ0v) is 53.3. The van der Waals surface area contributed by atoms with Crippen molar-refractivity contribution in [2.75, 3.05) is 23.6 Å². The fourth-order valence-electron chi connectivity index (χ4n) is 8.70. The second-order valence-corrected chi connectivity index (χ2v) is 26.2. The fraction of sp³-hybridized carbons (Fsp3) is 0.448. The molecule has 480 valence electrons. The highest BCUT2D eigenvalue weighted by molar-refractivity contribution is 8.00. The van der Waals surface area contributed by atoms with Gasteiger partial charge in [-0.3, -0.25) is 32.2 Å². The molecule has 3 heterocycles. The number of pyridine rings is 1. The van der Waals surface area contributed by atoms with E-state index in [0.717, 1.165) is 33.1 Å². The molecular weight excluding hydrogens is 1260 g/mol. The maximum atomic E-state index is 14.6. The molecule has 0 bridgehead atoms. The van der Waals surface area contributed by atoms with Crippen LogP contribution in [0, 0.1) is 23.5 Å². The number of nitrogens with one attached hydrogen (secondary N) is 1. The van der Waals surface area contributed by atoms with Crippen LogP contribution in [0.15, 0.2) is 66.7 Å². The molecule has 30 heteroatoms. The molecule has 88 heavy (non-hydrogen) atoms. The van der Waals surface area contributed by atoms with Crippen LogP contribution in [0.1, 0.15) is 143 Å². The van der Waals surface area contributed by atoms with Gasteiger partial charge >= 0.3 is 26.1 Å². The van der Waals surface area contributed by atoms with E-state index in [-0.39, 0.29) is 85.9 Å². The third kappa shape index (κ3) is 18.4. The lowest BCUT2D eigenvalue weighted by molar-refractivity contribution is -0.142. The Morgan fingerprint density at radius 2 is 1.49 bits per heavy atom. The number of aromatic nitrogens is 5. The number of carbonyl (C=O) groups excluding carboxylic acids is 3. The molecular formula is C58H65ClF10N7O9PS2. The van der Waals surface area contributed by atoms with E-state index in [1.165, 1.54) is 68.0 Å². The molecule has 1 aliphatic rings. The maximum Gasteiger partial charge on any atom is 0.478 e. The van der Waals surface area contributed by atoms with E-state index < -0.39 is 114 Å². The minimum absolute atomic E-state index is 0.00794. The molecule has 6 aromatic rings.